The van der Waals surface area contributed by atoms with Crippen molar-refractivity contribution < 1.29 is 8.83 Å². The van der Waals surface area contributed by atoms with Crippen LogP contribution in [0.1, 0.15) is 89.0 Å². The number of aromatic nitrogens is 2. The molecule has 0 aliphatic heterocycles. The number of furan rings is 2. The number of H-pyrrole nitrogens is 2. The van der Waals surface area contributed by atoms with Crippen LogP contribution in [0.15, 0.2) is 433 Å². The number of rotatable bonds is 0. The summed E-state index contributed by atoms with van der Waals surface area (Å²) in [6.07, 6.45) is 8.59. The van der Waals surface area contributed by atoms with Gasteiger partial charge in [-0.2, -0.15) is 0 Å². The summed E-state index contributed by atoms with van der Waals surface area (Å²) in [6, 6.07) is 153. The lowest BCUT2D eigenvalue weighted by Gasteiger charge is -2.08. The molecule has 21 aromatic carbocycles. The van der Waals surface area contributed by atoms with Gasteiger partial charge in [-0.3, -0.25) is 0 Å². The molecule has 35 rings (SSSR count). The van der Waals surface area contributed by atoms with Crippen molar-refractivity contribution in [2.75, 3.05) is 0 Å². The first-order valence-electron chi connectivity index (χ1n) is 49.0. The number of thiophene rings is 2. The predicted molar refractivity (Wildman–Crippen MR) is 590 cm³/mol. The van der Waals surface area contributed by atoms with Crippen molar-refractivity contribution in [3.8, 4) is 89.0 Å². The van der Waals surface area contributed by atoms with E-state index >= 15 is 0 Å². The largest absolute Gasteiger partial charge is 0.456 e. The first-order chi connectivity index (χ1) is 69.4. The van der Waals surface area contributed by atoms with E-state index in [9.17, 15) is 0 Å². The van der Waals surface area contributed by atoms with Gasteiger partial charge in [0.2, 0.25) is 0 Å². The van der Waals surface area contributed by atoms with E-state index in [4.69, 9.17) is 8.83 Å². The molecule has 0 saturated carbocycles. The summed E-state index contributed by atoms with van der Waals surface area (Å²) in [4.78, 5) is 7.16. The number of hydrogen-bond donors (Lipinski definition) is 2. The van der Waals surface area contributed by atoms with E-state index in [0.29, 0.717) is 0 Å². The van der Waals surface area contributed by atoms with Crippen molar-refractivity contribution in [3.63, 3.8) is 0 Å². The summed E-state index contributed by atoms with van der Waals surface area (Å²) in [7, 11) is 0. The number of nitrogens with one attached hydrogen (secondary N) is 2. The first kappa shape index (κ1) is 80.5. The van der Waals surface area contributed by atoms with E-state index in [1.165, 1.54) is 278 Å². The molecular weight excluding hydrogens is 1730 g/mol. The average molecular weight is 1820 g/mol. The van der Waals surface area contributed by atoms with Gasteiger partial charge in [0.05, 0.1) is 16.4 Å². The van der Waals surface area contributed by atoms with E-state index in [0.717, 1.165) is 79.2 Å². The van der Waals surface area contributed by atoms with Gasteiger partial charge in [-0.15, -0.1) is 22.7 Å². The highest BCUT2D eigenvalue weighted by molar-refractivity contribution is 7.26. The Kier molecular flexibility index (Phi) is 18.7. The Morgan fingerprint density at radius 1 is 0.179 bits per heavy atom. The van der Waals surface area contributed by atoms with Gasteiger partial charge in [0.15, 0.2) is 0 Å². The molecule has 0 spiro atoms. The van der Waals surface area contributed by atoms with Crippen LogP contribution in [0.3, 0.4) is 0 Å². The molecule has 0 radical (unpaired) electrons. The number of hydrogen-bond acceptors (Lipinski definition) is 4. The lowest BCUT2D eigenvalue weighted by atomic mass is 9.95. The van der Waals surface area contributed by atoms with Gasteiger partial charge in [-0.25, -0.2) is 0 Å². The van der Waals surface area contributed by atoms with Crippen LogP contribution in [-0.2, 0) is 51.4 Å². The molecular formula is C134H88N2O2S2. The van der Waals surface area contributed by atoms with Gasteiger partial charge in [-0.1, -0.05) is 358 Å². The molecule has 6 heterocycles. The lowest BCUT2D eigenvalue weighted by Crippen LogP contribution is -1.88. The maximum absolute atomic E-state index is 6.15. The normalized spacial score (nSPS) is 12.9. The molecule has 140 heavy (non-hydrogen) atoms. The Balaban J connectivity index is 0.0000000784. The minimum Gasteiger partial charge on any atom is -0.456 e. The minimum absolute atomic E-state index is 0.935. The van der Waals surface area contributed by atoms with Crippen molar-refractivity contribution in [3.05, 3.63) is 514 Å². The molecule has 0 fully saturated rings. The molecule has 0 amide bonds. The molecule has 8 aliphatic carbocycles. The fraction of sp³-hybridized carbons (Fsp3) is 0.0597. The summed E-state index contributed by atoms with van der Waals surface area (Å²) in [6.45, 7) is 0. The van der Waals surface area contributed by atoms with Crippen LogP contribution in [0.25, 0.3) is 217 Å². The maximum atomic E-state index is 6.15. The average Bonchev–Trinajstić information content (AvgIpc) is 1.60. The summed E-state index contributed by atoms with van der Waals surface area (Å²) >= 11 is 3.84. The zero-order valence-electron chi connectivity index (χ0n) is 76.7. The second-order valence-electron chi connectivity index (χ2n) is 38.5. The fourth-order valence-corrected chi connectivity index (χ4v) is 26.9. The van der Waals surface area contributed by atoms with E-state index in [1.54, 1.807) is 0 Å². The highest BCUT2D eigenvalue weighted by Crippen LogP contribution is 2.53. The van der Waals surface area contributed by atoms with Crippen molar-refractivity contribution >= 4 is 151 Å². The Morgan fingerprint density at radius 3 is 1.14 bits per heavy atom. The van der Waals surface area contributed by atoms with Gasteiger partial charge in [0.25, 0.3) is 0 Å². The van der Waals surface area contributed by atoms with Gasteiger partial charge in [0, 0.05) is 106 Å². The summed E-state index contributed by atoms with van der Waals surface area (Å²) in [5.41, 5.74) is 54.9. The van der Waals surface area contributed by atoms with Crippen LogP contribution in [0.5, 0.6) is 0 Å². The van der Waals surface area contributed by atoms with Crippen molar-refractivity contribution in [1.82, 2.24) is 9.97 Å². The van der Waals surface area contributed by atoms with Gasteiger partial charge in [-0.05, 0) is 279 Å². The Hall–Kier alpha value is -16.7. The van der Waals surface area contributed by atoms with Crippen molar-refractivity contribution in [2.45, 2.75) is 51.4 Å². The fourth-order valence-electron chi connectivity index (χ4n) is 24.5. The molecule has 8 aliphatic rings. The molecule has 658 valence electrons. The molecule has 4 nitrogen and oxygen atoms in total. The smallest absolute Gasteiger partial charge is 0.143 e. The van der Waals surface area contributed by atoms with E-state index in [-0.39, 0.29) is 0 Å². The summed E-state index contributed by atoms with van der Waals surface area (Å²) in [5.74, 6) is 0. The highest BCUT2D eigenvalue weighted by atomic mass is 32.1. The molecule has 0 bridgehead atoms. The van der Waals surface area contributed by atoms with Crippen LogP contribution in [0, 0.1) is 0 Å². The second kappa shape index (κ2) is 32.5. The van der Waals surface area contributed by atoms with E-state index < -0.39 is 0 Å². The monoisotopic (exact) mass is 1820 g/mol. The number of fused-ring (bicyclic) bond motifs is 47. The number of benzene rings is 21. The number of para-hydroxylation sites is 4. The Labute approximate surface area is 817 Å². The first-order valence-corrected chi connectivity index (χ1v) is 50.6. The molecule has 2 N–H and O–H groups in total. The van der Waals surface area contributed by atoms with Crippen LogP contribution < -0.4 is 0 Å². The van der Waals surface area contributed by atoms with Crippen LogP contribution in [0.2, 0.25) is 0 Å². The molecule has 6 aromatic heterocycles. The maximum Gasteiger partial charge on any atom is 0.143 e. The molecule has 0 unspecified atom stereocenters. The zero-order chi connectivity index (χ0) is 91.7. The lowest BCUT2D eigenvalue weighted by molar-refractivity contribution is 0.669. The van der Waals surface area contributed by atoms with Crippen LogP contribution in [0.4, 0.5) is 0 Å². The third-order valence-corrected chi connectivity index (χ3v) is 33.1. The predicted octanol–water partition coefficient (Wildman–Crippen LogP) is 36.2. The van der Waals surface area contributed by atoms with E-state index in [2.05, 4.69) is 410 Å². The summed E-state index contributed by atoms with van der Waals surface area (Å²) < 4.78 is 17.7. The highest BCUT2D eigenvalue weighted by Gasteiger charge is 2.32. The van der Waals surface area contributed by atoms with Gasteiger partial charge >= 0.3 is 0 Å². The van der Waals surface area contributed by atoms with Crippen molar-refractivity contribution in [1.29, 1.82) is 0 Å². The summed E-state index contributed by atoms with van der Waals surface area (Å²) in [5, 5.41) is 15.5. The quantitative estimate of drug-likeness (QED) is 0.159. The molecule has 27 aromatic rings. The van der Waals surface area contributed by atoms with Crippen molar-refractivity contribution in [2.24, 2.45) is 0 Å². The SMILES string of the molecule is c1ccc2c(c1)Cc1c-2ccc2c1-c1ccccc1C2.c1ccc2c(c1)Cc1cc3c(cc1-2)-c1ccccc1C3.c1ccc2c(c1)Cc1cc3sc4ccccc4c3cc1-2.c1ccc2c(c1)Cc1ccc3c([nH]c4ccccc43)c1-2.c1ccc2c(c1)Cc1ccc3c(oc4ccccc43)c1-2.c1ccc2c(c1)Cc1ccc3c(sc4ccccc43)c1-2.c1ccc2c(c1)[nH]c1c2ccc2oc3ccccc3c21. The topological polar surface area (TPSA) is 57.9 Å². The second-order valence-corrected chi connectivity index (χ2v) is 40.7. The molecule has 0 atom stereocenters. The standard InChI is InChI=1S/2C20H14.C19H13N.C19H12O.2C19H12S.C18H11NO/c1-3-7-16-14(6-1)12-19-18(16)10-9-15-11-13-5-2-4-8-17(13)20(15)19;1-3-7-17-13(5-1)9-15-11-16-10-14-6-2-4-8-18(14)20(16)12-19(15)17;2*1-2-6-14-12(5-1)11-13-9-10-16-15-7-3-4-8-17(15)20-19(16)18(13)14;1-2-6-14-12(5-1)9-13-10-19-17(11-16(13)14)15-7-3-4-8-18(15)20-19;1-2-6-14-12(5-1)11-13-9-10-16-15-7-3-4-8-17(15)20-19(16)18(13)14;1-3-7-14-11(5-1)12-9-10-16-17(18(12)19-14)13-6-2-4-8-15(13)20-16/h1-10H,11-12H2;1-8,11-12H,9-10H2;1-10,20H,11H2;1-10H,11H2;1-8,10-11H,9H2;1-10H,11H2;1-10,19H. The molecule has 0 saturated heterocycles. The Bertz CT molecular complexity index is 9390. The van der Waals surface area contributed by atoms with Crippen LogP contribution >= 0.6 is 22.7 Å². The van der Waals surface area contributed by atoms with E-state index in [1.807, 2.05) is 46.9 Å². The van der Waals surface area contributed by atoms with Crippen LogP contribution in [-0.4, -0.2) is 9.97 Å². The Morgan fingerprint density at radius 2 is 0.550 bits per heavy atom. The third-order valence-electron chi connectivity index (χ3n) is 30.8. The minimum atomic E-state index is 0.935. The third kappa shape index (κ3) is 13.1. The van der Waals surface area contributed by atoms with Gasteiger partial charge < -0.3 is 18.8 Å². The number of aromatic amines is 2. The van der Waals surface area contributed by atoms with Gasteiger partial charge in [0.1, 0.15) is 22.3 Å². The zero-order valence-corrected chi connectivity index (χ0v) is 78.3. The molecule has 6 heteroatoms.